The van der Waals surface area contributed by atoms with Crippen molar-refractivity contribution in [1.29, 1.82) is 0 Å². The number of nitrogens with two attached hydrogens (primary N) is 1. The van der Waals surface area contributed by atoms with Crippen molar-refractivity contribution < 1.29 is 19.1 Å². The number of aromatic nitrogens is 2. The Kier molecular flexibility index (Phi) is 6.58. The van der Waals surface area contributed by atoms with Gasteiger partial charge in [0.05, 0.1) is 18.1 Å². The van der Waals surface area contributed by atoms with Gasteiger partial charge in [0.15, 0.2) is 20.2 Å². The van der Waals surface area contributed by atoms with E-state index >= 15 is 0 Å². The van der Waals surface area contributed by atoms with Gasteiger partial charge in [-0.2, -0.15) is 0 Å². The second-order valence-electron chi connectivity index (χ2n) is 5.18. The van der Waals surface area contributed by atoms with E-state index in [1.54, 1.807) is 0 Å². The topological polar surface area (TPSA) is 116 Å². The first-order valence-electron chi connectivity index (χ1n) is 7.63. The summed E-state index contributed by atoms with van der Waals surface area (Å²) in [4.78, 5) is 22.7. The van der Waals surface area contributed by atoms with Crippen molar-refractivity contribution in [3.63, 3.8) is 0 Å². The van der Waals surface area contributed by atoms with Crippen LogP contribution in [0.1, 0.15) is 0 Å². The molecule has 0 saturated carbocycles. The first kappa shape index (κ1) is 18.8. The summed E-state index contributed by atoms with van der Waals surface area (Å²) >= 11 is 3.85. The van der Waals surface area contributed by atoms with Gasteiger partial charge in [0, 0.05) is 0 Å². The number of hydrogen-bond donors (Lipinski definition) is 2. The molecule has 1 aliphatic heterocycles. The molecule has 11 heteroatoms. The largest absolute Gasteiger partial charge is 0.486 e. The molecule has 26 heavy (non-hydrogen) atoms. The van der Waals surface area contributed by atoms with Crippen LogP contribution in [0.4, 0.5) is 0 Å². The average Bonchev–Trinajstić information content (AvgIpc) is 3.11. The Balaban J connectivity index is 1.38. The van der Waals surface area contributed by atoms with Gasteiger partial charge in [-0.05, 0) is 12.1 Å². The SMILES string of the molecule is NC(=O)CSc1nnc(SCC(=O)NCC2COc3ccccc3O2)s1. The molecular formula is C15H16N4O4S3. The molecule has 0 radical (unpaired) electrons. The highest BCUT2D eigenvalue weighted by Crippen LogP contribution is 2.31. The molecule has 0 spiro atoms. The molecule has 2 aromatic rings. The van der Waals surface area contributed by atoms with Gasteiger partial charge < -0.3 is 20.5 Å². The minimum Gasteiger partial charge on any atom is -0.486 e. The fourth-order valence-corrected chi connectivity index (χ4v) is 4.61. The van der Waals surface area contributed by atoms with Crippen LogP contribution in [-0.4, -0.2) is 52.8 Å². The summed E-state index contributed by atoms with van der Waals surface area (Å²) in [6, 6.07) is 7.44. The number of amides is 2. The van der Waals surface area contributed by atoms with Crippen LogP contribution in [0.15, 0.2) is 32.9 Å². The third-order valence-electron chi connectivity index (χ3n) is 3.15. The zero-order valence-corrected chi connectivity index (χ0v) is 16.0. The van der Waals surface area contributed by atoms with E-state index in [0.717, 1.165) is 0 Å². The molecule has 1 aromatic carbocycles. The Bertz CT molecular complexity index is 786. The van der Waals surface area contributed by atoms with E-state index in [9.17, 15) is 9.59 Å². The molecular weight excluding hydrogens is 396 g/mol. The number of benzene rings is 1. The number of carbonyl (C=O) groups excluding carboxylic acids is 2. The van der Waals surface area contributed by atoms with Crippen LogP contribution in [0, 0.1) is 0 Å². The standard InChI is InChI=1S/C15H16N4O4S3/c16-12(20)7-24-14-18-19-15(26-14)25-8-13(21)17-5-9-6-22-10-3-1-2-4-11(10)23-9/h1-4,9H,5-8H2,(H2,16,20)(H,17,21). The fourth-order valence-electron chi connectivity index (χ4n) is 2.02. The van der Waals surface area contributed by atoms with Crippen LogP contribution in [0.3, 0.4) is 0 Å². The van der Waals surface area contributed by atoms with Gasteiger partial charge in [0.1, 0.15) is 12.7 Å². The smallest absolute Gasteiger partial charge is 0.230 e. The molecule has 0 saturated heterocycles. The number of para-hydroxylation sites is 2. The van der Waals surface area contributed by atoms with Crippen molar-refractivity contribution in [2.24, 2.45) is 5.73 Å². The van der Waals surface area contributed by atoms with Gasteiger partial charge in [0.25, 0.3) is 0 Å². The second kappa shape index (κ2) is 9.10. The van der Waals surface area contributed by atoms with Crippen LogP contribution in [0.25, 0.3) is 0 Å². The first-order valence-corrected chi connectivity index (χ1v) is 10.4. The van der Waals surface area contributed by atoms with Gasteiger partial charge in [-0.3, -0.25) is 9.59 Å². The van der Waals surface area contributed by atoms with Crippen LogP contribution in [-0.2, 0) is 9.59 Å². The van der Waals surface area contributed by atoms with Gasteiger partial charge >= 0.3 is 0 Å². The summed E-state index contributed by atoms with van der Waals surface area (Å²) in [6.07, 6.45) is -0.225. The molecule has 138 valence electrons. The number of carbonyl (C=O) groups is 2. The third-order valence-corrected chi connectivity index (χ3v) is 6.36. The van der Waals surface area contributed by atoms with Crippen LogP contribution >= 0.6 is 34.9 Å². The second-order valence-corrected chi connectivity index (χ2v) is 8.60. The lowest BCUT2D eigenvalue weighted by Crippen LogP contribution is -2.41. The molecule has 3 rings (SSSR count). The number of hydrogen-bond acceptors (Lipinski definition) is 9. The number of nitrogens with one attached hydrogen (secondary N) is 1. The van der Waals surface area contributed by atoms with Crippen LogP contribution in [0.2, 0.25) is 0 Å². The summed E-state index contributed by atoms with van der Waals surface area (Å²) in [5, 5.41) is 10.7. The molecule has 0 fully saturated rings. The molecule has 8 nitrogen and oxygen atoms in total. The molecule has 3 N–H and O–H groups in total. The molecule has 1 atom stereocenters. The minimum atomic E-state index is -0.407. The lowest BCUT2D eigenvalue weighted by molar-refractivity contribution is -0.119. The van der Waals surface area contributed by atoms with E-state index in [1.165, 1.54) is 34.9 Å². The molecule has 2 amide bonds. The normalized spacial score (nSPS) is 15.5. The Morgan fingerprint density at radius 2 is 1.88 bits per heavy atom. The summed E-state index contributed by atoms with van der Waals surface area (Å²) in [5.41, 5.74) is 5.09. The number of rotatable bonds is 8. The van der Waals surface area contributed by atoms with Crippen molar-refractivity contribution >= 4 is 46.7 Å². The maximum Gasteiger partial charge on any atom is 0.230 e. The number of fused-ring (bicyclic) bond motifs is 1. The van der Waals surface area contributed by atoms with Crippen LogP contribution < -0.4 is 20.5 Å². The molecule has 0 aliphatic carbocycles. The van der Waals surface area contributed by atoms with Crippen molar-refractivity contribution in [1.82, 2.24) is 15.5 Å². The molecule has 1 unspecified atom stereocenters. The lowest BCUT2D eigenvalue weighted by Gasteiger charge is -2.26. The highest BCUT2D eigenvalue weighted by molar-refractivity contribution is 8.03. The lowest BCUT2D eigenvalue weighted by atomic mass is 10.2. The molecule has 0 bridgehead atoms. The summed E-state index contributed by atoms with van der Waals surface area (Å²) in [6.45, 7) is 0.755. The summed E-state index contributed by atoms with van der Waals surface area (Å²) < 4.78 is 12.7. The van der Waals surface area contributed by atoms with E-state index < -0.39 is 5.91 Å². The monoisotopic (exact) mass is 412 g/mol. The van der Waals surface area contributed by atoms with Gasteiger partial charge in [-0.25, -0.2) is 0 Å². The minimum absolute atomic E-state index is 0.126. The Morgan fingerprint density at radius 3 is 2.62 bits per heavy atom. The average molecular weight is 413 g/mol. The van der Waals surface area contributed by atoms with E-state index in [4.69, 9.17) is 15.2 Å². The van der Waals surface area contributed by atoms with Gasteiger partial charge in [-0.1, -0.05) is 47.0 Å². The highest BCUT2D eigenvalue weighted by atomic mass is 32.2. The Labute approximate surface area is 162 Å². The first-order chi connectivity index (χ1) is 12.6. The van der Waals surface area contributed by atoms with Gasteiger partial charge in [-0.15, -0.1) is 10.2 Å². The van der Waals surface area contributed by atoms with Crippen molar-refractivity contribution in [2.75, 3.05) is 24.7 Å². The fraction of sp³-hybridized carbons (Fsp3) is 0.333. The summed E-state index contributed by atoms with van der Waals surface area (Å²) in [5.74, 6) is 1.24. The predicted molar refractivity (Wildman–Crippen MR) is 99.9 cm³/mol. The van der Waals surface area contributed by atoms with E-state index in [-0.39, 0.29) is 23.5 Å². The Hall–Kier alpha value is -1.98. The van der Waals surface area contributed by atoms with Gasteiger partial charge in [0.2, 0.25) is 11.8 Å². The molecule has 2 heterocycles. The molecule has 1 aromatic heterocycles. The summed E-state index contributed by atoms with van der Waals surface area (Å²) in [7, 11) is 0. The number of ether oxygens (including phenoxy) is 2. The van der Waals surface area contributed by atoms with Crippen molar-refractivity contribution in [2.45, 2.75) is 14.8 Å². The zero-order chi connectivity index (χ0) is 18.4. The van der Waals surface area contributed by atoms with E-state index in [1.807, 2.05) is 24.3 Å². The predicted octanol–water partition coefficient (Wildman–Crippen LogP) is 1.16. The number of thioether (sulfide) groups is 2. The van der Waals surface area contributed by atoms with E-state index in [2.05, 4.69) is 15.5 Å². The number of nitrogens with zero attached hydrogens (tertiary/aromatic N) is 2. The zero-order valence-electron chi connectivity index (χ0n) is 13.5. The maximum atomic E-state index is 12.0. The van der Waals surface area contributed by atoms with Crippen molar-refractivity contribution in [3.05, 3.63) is 24.3 Å². The quantitative estimate of drug-likeness (QED) is 0.621. The number of primary amides is 1. The molecule has 1 aliphatic rings. The Morgan fingerprint density at radius 1 is 1.19 bits per heavy atom. The van der Waals surface area contributed by atoms with Crippen LogP contribution in [0.5, 0.6) is 11.5 Å². The highest BCUT2D eigenvalue weighted by Gasteiger charge is 2.21. The van der Waals surface area contributed by atoms with Crippen molar-refractivity contribution in [3.8, 4) is 11.5 Å². The third kappa shape index (κ3) is 5.51. The maximum absolute atomic E-state index is 12.0. The van der Waals surface area contributed by atoms with E-state index in [0.29, 0.717) is 33.3 Å².